The van der Waals surface area contributed by atoms with Crippen LogP contribution in [-0.2, 0) is 14.3 Å². The van der Waals surface area contributed by atoms with Crippen LogP contribution in [-0.4, -0.2) is 34.8 Å². The highest BCUT2D eigenvalue weighted by Crippen LogP contribution is 2.68. The van der Waals surface area contributed by atoms with Crippen LogP contribution in [0.3, 0.4) is 0 Å². The number of hydrogen-bond acceptors (Lipinski definition) is 5. The van der Waals surface area contributed by atoms with E-state index in [4.69, 9.17) is 4.74 Å². The van der Waals surface area contributed by atoms with Crippen LogP contribution in [0.25, 0.3) is 0 Å². The number of aliphatic hydroxyl groups is 1. The molecule has 6 heteroatoms. The van der Waals surface area contributed by atoms with E-state index in [1.165, 1.54) is 23.9 Å². The molecule has 3 fully saturated rings. The highest BCUT2D eigenvalue weighted by atomic mass is 32.2. The van der Waals surface area contributed by atoms with Gasteiger partial charge < -0.3 is 9.84 Å². The largest absolute Gasteiger partial charge is 0.461 e. The van der Waals surface area contributed by atoms with Crippen molar-refractivity contribution in [3.8, 4) is 0 Å². The van der Waals surface area contributed by atoms with Crippen LogP contribution in [0.2, 0.25) is 0 Å². The summed E-state index contributed by atoms with van der Waals surface area (Å²) in [6.45, 7) is 12.4. The maximum Gasteiger partial charge on any atom is 0.316 e. The lowest BCUT2D eigenvalue weighted by Gasteiger charge is -2.61. The lowest BCUT2D eigenvalue weighted by atomic mass is 9.44. The van der Waals surface area contributed by atoms with E-state index < -0.39 is 23.0 Å². The van der Waals surface area contributed by atoms with E-state index in [0.717, 1.165) is 24.2 Å². The minimum atomic E-state index is -0.675. The maximum atomic E-state index is 13.4. The van der Waals surface area contributed by atoms with E-state index in [2.05, 4.69) is 27.4 Å². The van der Waals surface area contributed by atoms with Crippen molar-refractivity contribution in [3.63, 3.8) is 0 Å². The number of esters is 1. The first-order valence-corrected chi connectivity index (χ1v) is 13.4. The molecular formula is C28H37FO4S. The Hall–Kier alpha value is -1.66. The molecule has 186 valence electrons. The van der Waals surface area contributed by atoms with Gasteiger partial charge in [0, 0.05) is 28.1 Å². The fourth-order valence-electron chi connectivity index (χ4n) is 7.37. The normalized spacial score (nSPS) is 41.8. The molecule has 3 aliphatic carbocycles. The molecule has 34 heavy (non-hydrogen) atoms. The molecule has 3 unspecified atom stereocenters. The van der Waals surface area contributed by atoms with Gasteiger partial charge in [-0.25, -0.2) is 4.39 Å². The second-order valence-electron chi connectivity index (χ2n) is 11.3. The molecule has 4 nitrogen and oxygen atoms in total. The predicted octanol–water partition coefficient (Wildman–Crippen LogP) is 5.82. The molecule has 1 N–H and O–H groups in total. The summed E-state index contributed by atoms with van der Waals surface area (Å²) in [6.07, 6.45) is 4.20. The average molecular weight is 489 g/mol. The summed E-state index contributed by atoms with van der Waals surface area (Å²) in [5.41, 5.74) is -1.44. The van der Waals surface area contributed by atoms with Crippen molar-refractivity contribution in [2.24, 2.45) is 34.0 Å². The maximum absolute atomic E-state index is 13.4. The SMILES string of the molecule is C=C[C@]1(C)C[C@@H](OC(=O)CSc2ccc(F)cc2)[C@]2(C)C(C)CCC3(CCC(=O)C32)[C@@H](C)[C@@H]1O. The third-order valence-electron chi connectivity index (χ3n) is 9.75. The summed E-state index contributed by atoms with van der Waals surface area (Å²) in [6, 6.07) is 6.03. The summed E-state index contributed by atoms with van der Waals surface area (Å²) >= 11 is 1.31. The van der Waals surface area contributed by atoms with Gasteiger partial charge in [0.05, 0.1) is 11.9 Å². The molecule has 2 bridgehead atoms. The number of carbonyl (C=O) groups excluding carboxylic acids is 2. The molecule has 0 heterocycles. The predicted molar refractivity (Wildman–Crippen MR) is 132 cm³/mol. The highest BCUT2D eigenvalue weighted by Gasteiger charge is 2.68. The zero-order valence-electron chi connectivity index (χ0n) is 20.7. The van der Waals surface area contributed by atoms with E-state index in [1.807, 2.05) is 6.92 Å². The van der Waals surface area contributed by atoms with Crippen LogP contribution >= 0.6 is 11.8 Å². The van der Waals surface area contributed by atoms with Gasteiger partial charge in [0.15, 0.2) is 0 Å². The second-order valence-corrected chi connectivity index (χ2v) is 12.4. The van der Waals surface area contributed by atoms with Crippen molar-refractivity contribution < 1.29 is 23.8 Å². The number of aliphatic hydroxyl groups excluding tert-OH is 1. The van der Waals surface area contributed by atoms with Gasteiger partial charge in [-0.05, 0) is 67.2 Å². The molecule has 0 aromatic heterocycles. The van der Waals surface area contributed by atoms with E-state index in [-0.39, 0.29) is 46.5 Å². The van der Waals surface area contributed by atoms with Gasteiger partial charge in [0.2, 0.25) is 0 Å². The molecular weight excluding hydrogens is 451 g/mol. The van der Waals surface area contributed by atoms with Crippen LogP contribution < -0.4 is 0 Å². The number of hydrogen-bond donors (Lipinski definition) is 1. The molecule has 3 aliphatic rings. The quantitative estimate of drug-likeness (QED) is 0.321. The van der Waals surface area contributed by atoms with Gasteiger partial charge >= 0.3 is 5.97 Å². The number of benzene rings is 1. The van der Waals surface area contributed by atoms with Crippen molar-refractivity contribution in [2.45, 2.75) is 76.9 Å². The van der Waals surface area contributed by atoms with Gasteiger partial charge in [-0.2, -0.15) is 0 Å². The number of ketones is 1. The average Bonchev–Trinajstić information content (AvgIpc) is 3.17. The van der Waals surface area contributed by atoms with E-state index >= 15 is 0 Å². The monoisotopic (exact) mass is 488 g/mol. The number of ether oxygens (including phenoxy) is 1. The number of halogens is 1. The number of rotatable bonds is 5. The second kappa shape index (κ2) is 9.09. The smallest absolute Gasteiger partial charge is 0.316 e. The molecule has 0 aliphatic heterocycles. The molecule has 0 saturated heterocycles. The first kappa shape index (κ1) is 25.4. The van der Waals surface area contributed by atoms with Gasteiger partial charge in [-0.1, -0.05) is 33.8 Å². The van der Waals surface area contributed by atoms with Crippen molar-refractivity contribution in [1.82, 2.24) is 0 Å². The van der Waals surface area contributed by atoms with Gasteiger partial charge in [-0.3, -0.25) is 9.59 Å². The molecule has 3 saturated carbocycles. The molecule has 0 radical (unpaired) electrons. The Morgan fingerprint density at radius 2 is 1.94 bits per heavy atom. The standard InChI is InChI=1S/C28H37FO4S/c1-6-26(4)15-22(33-23(31)16-34-20-9-7-19(29)8-10-20)27(5)17(2)11-13-28(18(3)25(26)32)14-12-21(30)24(27)28/h6-10,17-18,22,24-25,32H,1,11-16H2,2-5H3/t17?,18-,22+,24?,25-,26+,27-,28?/m0/s1. The Labute approximate surface area is 206 Å². The Balaban J connectivity index is 1.68. The van der Waals surface area contributed by atoms with Crippen molar-refractivity contribution >= 4 is 23.5 Å². The van der Waals surface area contributed by atoms with Crippen molar-refractivity contribution in [1.29, 1.82) is 0 Å². The van der Waals surface area contributed by atoms with Crippen LogP contribution in [0.4, 0.5) is 4.39 Å². The zero-order chi connectivity index (χ0) is 24.9. The van der Waals surface area contributed by atoms with Gasteiger partial charge in [0.1, 0.15) is 17.7 Å². The van der Waals surface area contributed by atoms with Crippen LogP contribution in [0.5, 0.6) is 0 Å². The molecule has 0 amide bonds. The van der Waals surface area contributed by atoms with E-state index in [1.54, 1.807) is 18.2 Å². The Morgan fingerprint density at radius 1 is 1.26 bits per heavy atom. The lowest BCUT2D eigenvalue weighted by Crippen LogP contribution is -2.63. The summed E-state index contributed by atoms with van der Waals surface area (Å²) in [5, 5.41) is 11.6. The van der Waals surface area contributed by atoms with E-state index in [0.29, 0.717) is 12.8 Å². The third-order valence-corrected chi connectivity index (χ3v) is 10.7. The Kier molecular flexibility index (Phi) is 6.80. The van der Waals surface area contributed by atoms with E-state index in [9.17, 15) is 19.1 Å². The first-order chi connectivity index (χ1) is 16.0. The molecule has 1 aromatic carbocycles. The lowest BCUT2D eigenvalue weighted by molar-refractivity contribution is -0.205. The molecule has 1 aromatic rings. The summed E-state index contributed by atoms with van der Waals surface area (Å²) in [7, 11) is 0. The molecule has 4 rings (SSSR count). The van der Waals surface area contributed by atoms with Crippen LogP contribution in [0.1, 0.15) is 59.8 Å². The minimum Gasteiger partial charge on any atom is -0.461 e. The topological polar surface area (TPSA) is 63.6 Å². The van der Waals surface area contributed by atoms with Crippen molar-refractivity contribution in [2.75, 3.05) is 5.75 Å². The van der Waals surface area contributed by atoms with Gasteiger partial charge in [0.25, 0.3) is 0 Å². The van der Waals surface area contributed by atoms with Crippen LogP contribution in [0, 0.1) is 39.8 Å². The molecule has 8 atom stereocenters. The number of Topliss-reactive ketones (excluding diaryl/α,β-unsaturated/α-hetero) is 1. The summed E-state index contributed by atoms with van der Waals surface area (Å²) < 4.78 is 19.4. The Bertz CT molecular complexity index is 964. The van der Waals surface area contributed by atoms with Gasteiger partial charge in [-0.15, -0.1) is 18.3 Å². The Morgan fingerprint density at radius 3 is 2.59 bits per heavy atom. The minimum absolute atomic E-state index is 0.0514. The molecule has 0 spiro atoms. The summed E-state index contributed by atoms with van der Waals surface area (Å²) in [4.78, 5) is 27.3. The number of thioether (sulfide) groups is 1. The fraction of sp³-hybridized carbons (Fsp3) is 0.643. The number of carbonyl (C=O) groups is 2. The first-order valence-electron chi connectivity index (χ1n) is 12.4. The van der Waals surface area contributed by atoms with Crippen LogP contribution in [0.15, 0.2) is 41.8 Å². The fourth-order valence-corrected chi connectivity index (χ4v) is 8.05. The third kappa shape index (κ3) is 3.95. The zero-order valence-corrected chi connectivity index (χ0v) is 21.5. The van der Waals surface area contributed by atoms with Crippen molar-refractivity contribution in [3.05, 3.63) is 42.7 Å². The summed E-state index contributed by atoms with van der Waals surface area (Å²) in [5.74, 6) is -0.413. The highest BCUT2D eigenvalue weighted by molar-refractivity contribution is 8.00.